The van der Waals surface area contributed by atoms with Crippen molar-refractivity contribution in [2.45, 2.75) is 51.0 Å². The molecule has 1 saturated carbocycles. The molecular formula is C32H38N6O2. The van der Waals surface area contributed by atoms with Crippen LogP contribution in [0.3, 0.4) is 0 Å². The summed E-state index contributed by atoms with van der Waals surface area (Å²) in [7, 11) is 2.19. The molecule has 3 aromatic rings. The number of nitrogen functional groups attached to an aromatic ring is 1. The number of benzene rings is 2. The van der Waals surface area contributed by atoms with Gasteiger partial charge in [-0.2, -0.15) is 5.26 Å². The number of nitrogens with zero attached hydrogens (tertiary/aromatic N) is 4. The van der Waals surface area contributed by atoms with Crippen LogP contribution in [0.25, 0.3) is 11.1 Å². The Bertz CT molecular complexity index is 1340. The fraction of sp³-hybridized carbons (Fsp3) is 0.406. The van der Waals surface area contributed by atoms with Gasteiger partial charge in [-0.25, -0.2) is 4.98 Å². The highest BCUT2D eigenvalue weighted by Crippen LogP contribution is 2.27. The van der Waals surface area contributed by atoms with Gasteiger partial charge in [0.1, 0.15) is 11.9 Å². The summed E-state index contributed by atoms with van der Waals surface area (Å²) in [4.78, 5) is 21.7. The first kappa shape index (κ1) is 27.8. The Hall–Kier alpha value is -3.77. The number of pyridine rings is 1. The fourth-order valence-corrected chi connectivity index (χ4v) is 5.63. The Kier molecular flexibility index (Phi) is 8.75. The zero-order valence-electron chi connectivity index (χ0n) is 23.3. The average Bonchev–Trinajstić information content (AvgIpc) is 3.43. The van der Waals surface area contributed by atoms with Gasteiger partial charge in [0.15, 0.2) is 0 Å². The van der Waals surface area contributed by atoms with E-state index in [0.717, 1.165) is 51.0 Å². The number of piperazine rings is 1. The zero-order valence-corrected chi connectivity index (χ0v) is 23.3. The number of likely N-dealkylation sites (N-methyl/N-ethyl adjacent to an activating group) is 1. The van der Waals surface area contributed by atoms with Crippen LogP contribution in [0.2, 0.25) is 0 Å². The van der Waals surface area contributed by atoms with E-state index < -0.39 is 0 Å². The van der Waals surface area contributed by atoms with Gasteiger partial charge in [0, 0.05) is 38.4 Å². The predicted octanol–water partition coefficient (Wildman–Crippen LogP) is 4.38. The topological polar surface area (TPSA) is 108 Å². The second-order valence-corrected chi connectivity index (χ2v) is 11.0. The number of nitriles is 1. The van der Waals surface area contributed by atoms with E-state index in [0.29, 0.717) is 18.2 Å². The molecule has 0 spiro atoms. The number of ether oxygens (including phenoxy) is 1. The minimum Gasteiger partial charge on any atom is -0.383 e. The number of anilines is 1. The number of nitrogens with two attached hydrogens (primary N) is 1. The van der Waals surface area contributed by atoms with Gasteiger partial charge in [0.05, 0.1) is 29.9 Å². The van der Waals surface area contributed by atoms with Crippen molar-refractivity contribution in [3.8, 4) is 17.2 Å². The summed E-state index contributed by atoms with van der Waals surface area (Å²) in [6.07, 6.45) is 3.98. The molecule has 1 aliphatic heterocycles. The van der Waals surface area contributed by atoms with Gasteiger partial charge in [-0.1, -0.05) is 48.5 Å². The molecule has 8 heteroatoms. The molecule has 0 bridgehead atoms. The van der Waals surface area contributed by atoms with Crippen molar-refractivity contribution in [2.75, 3.05) is 39.0 Å². The molecule has 5 rings (SSSR count). The third-order valence-corrected chi connectivity index (χ3v) is 8.29. The number of carbonyl (C=O) groups excluding carboxylic acids is 1. The van der Waals surface area contributed by atoms with Crippen LogP contribution < -0.4 is 11.1 Å². The van der Waals surface area contributed by atoms with E-state index in [4.69, 9.17) is 15.7 Å². The van der Waals surface area contributed by atoms with E-state index in [1.165, 1.54) is 29.0 Å². The van der Waals surface area contributed by atoms with Crippen molar-refractivity contribution in [3.05, 3.63) is 83.0 Å². The van der Waals surface area contributed by atoms with Gasteiger partial charge in [0.2, 0.25) is 0 Å². The summed E-state index contributed by atoms with van der Waals surface area (Å²) < 4.78 is 6.24. The lowest BCUT2D eigenvalue weighted by molar-refractivity contribution is 0.0272. The van der Waals surface area contributed by atoms with E-state index >= 15 is 0 Å². The largest absolute Gasteiger partial charge is 0.383 e. The van der Waals surface area contributed by atoms with Crippen molar-refractivity contribution in [3.63, 3.8) is 0 Å². The highest BCUT2D eigenvalue weighted by molar-refractivity contribution is 5.98. The Morgan fingerprint density at radius 1 is 1.10 bits per heavy atom. The van der Waals surface area contributed by atoms with Crippen LogP contribution in [0.1, 0.15) is 59.3 Å². The molecule has 2 aliphatic rings. The molecule has 1 aromatic heterocycles. The van der Waals surface area contributed by atoms with Crippen LogP contribution >= 0.6 is 0 Å². The summed E-state index contributed by atoms with van der Waals surface area (Å²) in [5.74, 6) is -0.206. The number of hydrogen-bond acceptors (Lipinski definition) is 7. The number of aromatic nitrogens is 1. The molecule has 0 radical (unpaired) electrons. The Morgan fingerprint density at radius 3 is 2.45 bits per heavy atom. The first-order valence-corrected chi connectivity index (χ1v) is 14.1. The van der Waals surface area contributed by atoms with Gasteiger partial charge in [-0.05, 0) is 61.6 Å². The molecule has 208 valence electrons. The number of amides is 1. The third kappa shape index (κ3) is 6.50. The van der Waals surface area contributed by atoms with Gasteiger partial charge < -0.3 is 20.7 Å². The van der Waals surface area contributed by atoms with Gasteiger partial charge in [-0.3, -0.25) is 9.69 Å². The van der Waals surface area contributed by atoms with E-state index in [1.807, 2.05) is 6.07 Å². The molecule has 2 fully saturated rings. The summed E-state index contributed by atoms with van der Waals surface area (Å²) in [5, 5.41) is 12.2. The maximum atomic E-state index is 12.8. The Labute approximate surface area is 236 Å². The van der Waals surface area contributed by atoms with Crippen LogP contribution in [0.5, 0.6) is 0 Å². The van der Waals surface area contributed by atoms with Gasteiger partial charge in [-0.15, -0.1) is 0 Å². The van der Waals surface area contributed by atoms with Crippen LogP contribution in [0.15, 0.2) is 60.8 Å². The summed E-state index contributed by atoms with van der Waals surface area (Å²) in [6.45, 7) is 7.25. The number of hydrogen-bond donors (Lipinski definition) is 2. The van der Waals surface area contributed by atoms with E-state index in [1.54, 1.807) is 0 Å². The fourth-order valence-electron chi connectivity index (χ4n) is 5.63. The van der Waals surface area contributed by atoms with E-state index in [9.17, 15) is 4.79 Å². The smallest absolute Gasteiger partial charge is 0.255 e. The average molecular weight is 539 g/mol. The van der Waals surface area contributed by atoms with Crippen molar-refractivity contribution in [2.24, 2.45) is 0 Å². The van der Waals surface area contributed by atoms with Crippen molar-refractivity contribution < 1.29 is 9.53 Å². The first-order chi connectivity index (χ1) is 19.4. The van der Waals surface area contributed by atoms with Gasteiger partial charge >= 0.3 is 0 Å². The minimum atomic E-state index is -0.323. The molecule has 3 atom stereocenters. The van der Waals surface area contributed by atoms with Crippen molar-refractivity contribution >= 4 is 11.7 Å². The highest BCUT2D eigenvalue weighted by Gasteiger charge is 2.30. The lowest BCUT2D eigenvalue weighted by Crippen LogP contribution is -2.45. The maximum Gasteiger partial charge on any atom is 0.255 e. The van der Waals surface area contributed by atoms with Crippen molar-refractivity contribution in [1.82, 2.24) is 20.1 Å². The lowest BCUT2D eigenvalue weighted by Gasteiger charge is -2.36. The quantitative estimate of drug-likeness (QED) is 0.438. The second kappa shape index (κ2) is 12.6. The number of nitrogens with one attached hydrogen (secondary N) is 1. The molecule has 3 N–H and O–H groups in total. The molecular weight excluding hydrogens is 500 g/mol. The second-order valence-electron chi connectivity index (χ2n) is 11.0. The Balaban J connectivity index is 1.15. The number of carbonyl (C=O) groups is 1. The third-order valence-electron chi connectivity index (χ3n) is 8.29. The summed E-state index contributed by atoms with van der Waals surface area (Å²) in [6, 6.07) is 21.2. The SMILES string of the molecule is CC(c1ccc(-c2ccc(CO[C@H]3CCC[C@@H]3NC(=O)c3cc(C#N)cnc3N)cc2)cc1)N1CCN(C)CC1. The van der Waals surface area contributed by atoms with E-state index in [-0.39, 0.29) is 29.4 Å². The molecule has 1 aliphatic carbocycles. The van der Waals surface area contributed by atoms with Crippen LogP contribution in [0, 0.1) is 11.3 Å². The zero-order chi connectivity index (χ0) is 28.1. The molecule has 40 heavy (non-hydrogen) atoms. The summed E-state index contributed by atoms with van der Waals surface area (Å²) >= 11 is 0. The molecule has 1 saturated heterocycles. The molecule has 1 amide bonds. The minimum absolute atomic E-state index is 0.0770. The molecule has 1 unspecified atom stereocenters. The maximum absolute atomic E-state index is 12.8. The standard InChI is InChI=1S/C32H38N6O2/c1-22(38-16-14-37(2)15-17-38)25-10-12-27(13-11-25)26-8-6-23(7-9-26)21-40-30-5-3-4-29(30)36-32(39)28-18-24(19-33)20-35-31(28)34/h6-13,18,20,22,29-30H,3-5,14-17,21H2,1-2H3,(H2,34,35)(H,36,39)/t22?,29-,30-/m0/s1. The van der Waals surface area contributed by atoms with E-state index in [2.05, 4.69) is 82.6 Å². The van der Waals surface area contributed by atoms with Crippen LogP contribution in [-0.2, 0) is 11.3 Å². The molecule has 8 nitrogen and oxygen atoms in total. The highest BCUT2D eigenvalue weighted by atomic mass is 16.5. The monoisotopic (exact) mass is 538 g/mol. The molecule has 2 heterocycles. The number of rotatable bonds is 8. The van der Waals surface area contributed by atoms with Crippen LogP contribution in [0.4, 0.5) is 5.82 Å². The van der Waals surface area contributed by atoms with Crippen LogP contribution in [-0.4, -0.2) is 66.1 Å². The normalized spacial score (nSPS) is 20.6. The predicted molar refractivity (Wildman–Crippen MR) is 156 cm³/mol. The van der Waals surface area contributed by atoms with Crippen molar-refractivity contribution in [1.29, 1.82) is 5.26 Å². The van der Waals surface area contributed by atoms with Gasteiger partial charge in [0.25, 0.3) is 5.91 Å². The first-order valence-electron chi connectivity index (χ1n) is 14.1. The Morgan fingerprint density at radius 2 is 1.77 bits per heavy atom. The lowest BCUT2D eigenvalue weighted by atomic mass is 9.99. The molecule has 2 aromatic carbocycles. The summed E-state index contributed by atoms with van der Waals surface area (Å²) in [5.41, 5.74) is 11.2.